The van der Waals surface area contributed by atoms with Crippen LogP contribution in [0.15, 0.2) is 28.5 Å². The normalized spacial score (nSPS) is 17.4. The lowest BCUT2D eigenvalue weighted by Gasteiger charge is -2.33. The summed E-state index contributed by atoms with van der Waals surface area (Å²) in [5, 5.41) is 12.1. The minimum Gasteiger partial charge on any atom is -0.492 e. The Bertz CT molecular complexity index is 1550. The number of piperidine rings is 1. The molecule has 44 heavy (non-hydrogen) atoms. The van der Waals surface area contributed by atoms with Crippen molar-refractivity contribution in [1.82, 2.24) is 9.88 Å². The van der Waals surface area contributed by atoms with Gasteiger partial charge in [0.2, 0.25) is 5.43 Å². The second kappa shape index (κ2) is 13.0. The molecule has 1 amide bonds. The molecule has 0 radical (unpaired) electrons. The predicted octanol–water partition coefficient (Wildman–Crippen LogP) is 5.90. The highest BCUT2D eigenvalue weighted by Crippen LogP contribution is 2.44. The van der Waals surface area contributed by atoms with Crippen molar-refractivity contribution in [3.8, 4) is 5.75 Å². The fourth-order valence-electron chi connectivity index (χ4n) is 5.63. The predicted molar refractivity (Wildman–Crippen MR) is 162 cm³/mol. The molecule has 2 heterocycles. The summed E-state index contributed by atoms with van der Waals surface area (Å²) in [6.45, 7) is 9.15. The van der Waals surface area contributed by atoms with Crippen LogP contribution < -0.4 is 20.4 Å². The van der Waals surface area contributed by atoms with E-state index in [0.29, 0.717) is 30.5 Å². The number of Topliss-reactive ketones (excluding diaryl/α,β-unsaturated/α-hetero) is 1. The summed E-state index contributed by atoms with van der Waals surface area (Å²) in [5.41, 5.74) is -1.18. The number of methoxy groups -OCH3 is 1. The number of hydrogen-bond donors (Lipinski definition) is 2. The first kappa shape index (κ1) is 32.9. The summed E-state index contributed by atoms with van der Waals surface area (Å²) >= 11 is 0. The van der Waals surface area contributed by atoms with Crippen LogP contribution in [0.4, 0.5) is 19.3 Å². The van der Waals surface area contributed by atoms with E-state index in [-0.39, 0.29) is 54.0 Å². The highest BCUT2D eigenvalue weighted by Gasteiger charge is 2.33. The molecule has 1 aromatic heterocycles. The van der Waals surface area contributed by atoms with Gasteiger partial charge in [0, 0.05) is 38.2 Å². The maximum Gasteiger partial charge on any atom is 0.408 e. The molecule has 4 rings (SSSR count). The number of aromatic nitrogens is 1. The van der Waals surface area contributed by atoms with Crippen LogP contribution >= 0.6 is 0 Å². The van der Waals surface area contributed by atoms with Crippen LogP contribution in [0.2, 0.25) is 0 Å². The largest absolute Gasteiger partial charge is 0.492 e. The van der Waals surface area contributed by atoms with Gasteiger partial charge in [0.15, 0.2) is 17.3 Å². The number of ether oxygens (including phenoxy) is 2. The summed E-state index contributed by atoms with van der Waals surface area (Å²) in [6.07, 6.45) is 2.75. The molecule has 1 atom stereocenters. The molecule has 1 aromatic carbocycles. The number of pyridine rings is 1. The van der Waals surface area contributed by atoms with Gasteiger partial charge in [-0.15, -0.1) is 0 Å². The molecule has 1 aliphatic carbocycles. The van der Waals surface area contributed by atoms with Crippen molar-refractivity contribution in [3.63, 3.8) is 0 Å². The zero-order valence-corrected chi connectivity index (χ0v) is 26.1. The van der Waals surface area contributed by atoms with E-state index < -0.39 is 46.3 Å². The second-order valence-electron chi connectivity index (χ2n) is 12.8. The van der Waals surface area contributed by atoms with Gasteiger partial charge in [-0.3, -0.25) is 9.59 Å². The van der Waals surface area contributed by atoms with E-state index in [1.165, 1.54) is 13.3 Å². The Kier molecular flexibility index (Phi) is 9.70. The number of halogens is 2. The van der Waals surface area contributed by atoms with Gasteiger partial charge in [-0.25, -0.2) is 18.4 Å². The van der Waals surface area contributed by atoms with Crippen LogP contribution in [-0.4, -0.2) is 59.4 Å². The van der Waals surface area contributed by atoms with E-state index in [1.54, 1.807) is 44.1 Å². The third-order valence-corrected chi connectivity index (χ3v) is 7.84. The molecule has 2 aromatic rings. The van der Waals surface area contributed by atoms with Gasteiger partial charge in [-0.1, -0.05) is 13.8 Å². The van der Waals surface area contributed by atoms with Crippen molar-refractivity contribution in [2.45, 2.75) is 90.8 Å². The Morgan fingerprint density at radius 1 is 1.18 bits per heavy atom. The molecule has 1 aliphatic heterocycles. The number of nitrogens with one attached hydrogen (secondary N) is 1. The van der Waals surface area contributed by atoms with Gasteiger partial charge in [0.1, 0.15) is 22.7 Å². The standard InChI is InChI=1S/C32H41F2N3O7/c1-17(2)25(35-31(42)44-32(3,4)5)24(38)12-11-22(33)18-8-7-13-36(15-18)27-23(34)14-20-26(29(27)43-6)37(19-9-10-19)16-21(28(20)39)30(40)41/h14,16-17,19,25H,7-13,15H2,1-6H3,(H,35,42)(H,40,41)/b22-18+/t25-/m0/s1. The van der Waals surface area contributed by atoms with Crippen LogP contribution in [0, 0.1) is 11.7 Å². The Labute approximate surface area is 255 Å². The molecule has 240 valence electrons. The Morgan fingerprint density at radius 2 is 1.86 bits per heavy atom. The van der Waals surface area contributed by atoms with Gasteiger partial charge in [-0.05, 0) is 64.0 Å². The number of carboxylic acids is 1. The lowest BCUT2D eigenvalue weighted by atomic mass is 9.95. The average Bonchev–Trinajstić information content (AvgIpc) is 3.78. The molecule has 1 saturated heterocycles. The number of rotatable bonds is 10. The lowest BCUT2D eigenvalue weighted by molar-refractivity contribution is -0.122. The first-order valence-corrected chi connectivity index (χ1v) is 14.9. The monoisotopic (exact) mass is 617 g/mol. The zero-order valence-electron chi connectivity index (χ0n) is 26.1. The van der Waals surface area contributed by atoms with Gasteiger partial charge < -0.3 is 29.4 Å². The number of aromatic carboxylic acids is 1. The number of allylic oxidation sites excluding steroid dienone is 1. The maximum absolute atomic E-state index is 15.8. The summed E-state index contributed by atoms with van der Waals surface area (Å²) in [5.74, 6) is -3.11. The maximum atomic E-state index is 15.8. The van der Waals surface area contributed by atoms with Crippen LogP contribution in [-0.2, 0) is 9.53 Å². The third-order valence-electron chi connectivity index (χ3n) is 7.84. The number of anilines is 1. The molecular formula is C32H41F2N3O7. The van der Waals surface area contributed by atoms with Crippen LogP contribution in [0.25, 0.3) is 10.9 Å². The second-order valence-corrected chi connectivity index (χ2v) is 12.8. The van der Waals surface area contributed by atoms with E-state index in [2.05, 4.69) is 5.32 Å². The van der Waals surface area contributed by atoms with Crippen LogP contribution in [0.3, 0.4) is 0 Å². The van der Waals surface area contributed by atoms with Crippen molar-refractivity contribution >= 4 is 34.4 Å². The number of carbonyl (C=O) groups excluding carboxylic acids is 2. The number of carboxylic acid groups (broad SMARTS) is 1. The lowest BCUT2D eigenvalue weighted by Crippen LogP contribution is -2.46. The van der Waals surface area contributed by atoms with Gasteiger partial charge in [-0.2, -0.15) is 0 Å². The highest BCUT2D eigenvalue weighted by atomic mass is 19.1. The molecule has 1 saturated carbocycles. The number of carbonyl (C=O) groups is 3. The molecule has 0 spiro atoms. The van der Waals surface area contributed by atoms with E-state index >= 15 is 8.78 Å². The Balaban J connectivity index is 1.59. The first-order chi connectivity index (χ1) is 20.6. The third kappa shape index (κ3) is 7.22. The number of ketones is 1. The molecule has 2 fully saturated rings. The fraction of sp³-hybridized carbons (Fsp3) is 0.562. The van der Waals surface area contributed by atoms with Crippen LogP contribution in [0.5, 0.6) is 5.75 Å². The van der Waals surface area contributed by atoms with E-state index in [0.717, 1.165) is 18.9 Å². The Morgan fingerprint density at radius 3 is 2.43 bits per heavy atom. The minimum absolute atomic E-state index is 0.0451. The Hall–Kier alpha value is -3.96. The highest BCUT2D eigenvalue weighted by molar-refractivity contribution is 5.97. The van der Waals surface area contributed by atoms with E-state index in [1.807, 2.05) is 0 Å². The fourth-order valence-corrected chi connectivity index (χ4v) is 5.63. The number of hydrogen-bond acceptors (Lipinski definition) is 7. The minimum atomic E-state index is -1.39. The number of nitrogens with zero attached hydrogens (tertiary/aromatic N) is 2. The smallest absolute Gasteiger partial charge is 0.408 e. The summed E-state index contributed by atoms with van der Waals surface area (Å²) in [4.78, 5) is 51.7. The summed E-state index contributed by atoms with van der Waals surface area (Å²) < 4.78 is 43.9. The van der Waals surface area contributed by atoms with Crippen molar-refractivity contribution in [2.75, 3.05) is 25.1 Å². The zero-order chi connectivity index (χ0) is 32.5. The summed E-state index contributed by atoms with van der Waals surface area (Å²) in [7, 11) is 1.36. The SMILES string of the molecule is COc1c(N2CCC/C(=C(\F)CCC(=O)[C@@H](NC(=O)OC(C)(C)C)C(C)C)C2)c(F)cc2c(=O)c(C(=O)O)cn(C3CC3)c12. The van der Waals surface area contributed by atoms with Gasteiger partial charge in [0.25, 0.3) is 0 Å². The molecule has 2 N–H and O–H groups in total. The molecule has 2 aliphatic rings. The number of fused-ring (bicyclic) bond motifs is 1. The van der Waals surface area contributed by atoms with Gasteiger partial charge >= 0.3 is 12.1 Å². The number of amides is 1. The molecule has 12 heteroatoms. The molecular weight excluding hydrogens is 576 g/mol. The summed E-state index contributed by atoms with van der Waals surface area (Å²) in [6, 6.07) is 0.152. The van der Waals surface area contributed by atoms with E-state index in [4.69, 9.17) is 9.47 Å². The van der Waals surface area contributed by atoms with Crippen molar-refractivity contribution < 1.29 is 37.7 Å². The van der Waals surface area contributed by atoms with Crippen LogP contribution in [0.1, 0.15) is 89.5 Å². The topological polar surface area (TPSA) is 127 Å². The number of benzene rings is 1. The van der Waals surface area contributed by atoms with Crippen molar-refractivity contribution in [1.29, 1.82) is 0 Å². The van der Waals surface area contributed by atoms with Gasteiger partial charge in [0.05, 0.1) is 24.1 Å². The number of alkyl carbamates (subject to hydrolysis) is 1. The van der Waals surface area contributed by atoms with Crippen molar-refractivity contribution in [2.24, 2.45) is 5.92 Å². The molecule has 0 unspecified atom stereocenters. The molecule has 0 bridgehead atoms. The van der Waals surface area contributed by atoms with E-state index in [9.17, 15) is 24.3 Å². The quantitative estimate of drug-likeness (QED) is 0.337. The average molecular weight is 618 g/mol. The van der Waals surface area contributed by atoms with Crippen molar-refractivity contribution in [3.05, 3.63) is 45.3 Å². The first-order valence-electron chi connectivity index (χ1n) is 14.9. The molecule has 10 nitrogen and oxygen atoms in total.